The van der Waals surface area contributed by atoms with Crippen LogP contribution < -0.4 is 5.32 Å². The molecule has 2 unspecified atom stereocenters. The minimum Gasteiger partial charge on any atom is -0.338 e. The van der Waals surface area contributed by atoms with Gasteiger partial charge in [0, 0.05) is 30.9 Å². The normalized spacial score (nSPS) is 24.3. The van der Waals surface area contributed by atoms with Crippen molar-refractivity contribution in [1.82, 2.24) is 20.0 Å². The number of carbonyl (C=O) groups excluding carboxylic acids is 1. The highest BCUT2D eigenvalue weighted by atomic mass is 16.2. The average molecular weight is 250 g/mol. The van der Waals surface area contributed by atoms with Gasteiger partial charge in [-0.1, -0.05) is 0 Å². The number of rotatable bonds is 2. The van der Waals surface area contributed by atoms with Crippen LogP contribution in [0, 0.1) is 13.8 Å². The zero-order valence-corrected chi connectivity index (χ0v) is 11.6. The van der Waals surface area contributed by atoms with E-state index in [4.69, 9.17) is 0 Å². The zero-order valence-electron chi connectivity index (χ0n) is 11.6. The fraction of sp³-hybridized carbons (Fsp3) is 0.692. The summed E-state index contributed by atoms with van der Waals surface area (Å²) in [4.78, 5) is 14.2. The summed E-state index contributed by atoms with van der Waals surface area (Å²) in [5, 5.41) is 7.76. The summed E-state index contributed by atoms with van der Waals surface area (Å²) in [6, 6.07) is 2.72. The molecule has 1 fully saturated rings. The third-order valence-corrected chi connectivity index (χ3v) is 3.30. The molecular formula is C13H22N4O. The van der Waals surface area contributed by atoms with Gasteiger partial charge in [0.15, 0.2) is 0 Å². The van der Waals surface area contributed by atoms with Gasteiger partial charge < -0.3 is 10.2 Å². The van der Waals surface area contributed by atoms with Crippen molar-refractivity contribution in [2.24, 2.45) is 0 Å². The minimum atomic E-state index is 0.154. The second-order valence-electron chi connectivity index (χ2n) is 5.35. The molecule has 2 atom stereocenters. The fourth-order valence-electron chi connectivity index (χ4n) is 2.59. The van der Waals surface area contributed by atoms with E-state index < -0.39 is 0 Å². The second-order valence-corrected chi connectivity index (χ2v) is 5.35. The topological polar surface area (TPSA) is 50.2 Å². The molecule has 1 aromatic rings. The largest absolute Gasteiger partial charge is 0.338 e. The van der Waals surface area contributed by atoms with Gasteiger partial charge in [0.05, 0.1) is 5.69 Å². The fourth-order valence-corrected chi connectivity index (χ4v) is 2.59. The number of nitrogens with one attached hydrogen (secondary N) is 1. The first-order chi connectivity index (χ1) is 8.45. The zero-order chi connectivity index (χ0) is 13.3. The van der Waals surface area contributed by atoms with Gasteiger partial charge in [-0.25, -0.2) is 0 Å². The molecule has 0 saturated carbocycles. The highest BCUT2D eigenvalue weighted by Gasteiger charge is 2.25. The van der Waals surface area contributed by atoms with Crippen molar-refractivity contribution in [1.29, 1.82) is 0 Å². The summed E-state index contributed by atoms with van der Waals surface area (Å²) < 4.78 is 1.79. The molecule has 1 saturated heterocycles. The Bertz CT molecular complexity index is 430. The van der Waals surface area contributed by atoms with Gasteiger partial charge in [0.25, 0.3) is 0 Å². The van der Waals surface area contributed by atoms with E-state index in [2.05, 4.69) is 24.3 Å². The van der Waals surface area contributed by atoms with E-state index in [1.54, 1.807) is 4.68 Å². The molecule has 100 valence electrons. The van der Waals surface area contributed by atoms with Gasteiger partial charge >= 0.3 is 0 Å². The van der Waals surface area contributed by atoms with Crippen LogP contribution in [0.4, 0.5) is 0 Å². The number of hydrogen-bond acceptors (Lipinski definition) is 3. The van der Waals surface area contributed by atoms with Gasteiger partial charge in [0.2, 0.25) is 5.91 Å². The predicted molar refractivity (Wildman–Crippen MR) is 70.3 cm³/mol. The summed E-state index contributed by atoms with van der Waals surface area (Å²) in [5.74, 6) is 0.154. The first-order valence-corrected chi connectivity index (χ1v) is 6.50. The summed E-state index contributed by atoms with van der Waals surface area (Å²) in [6.45, 7) is 10.1. The van der Waals surface area contributed by atoms with Gasteiger partial charge in [-0.15, -0.1) is 0 Å². The predicted octanol–water partition coefficient (Wildman–Crippen LogP) is 0.709. The Morgan fingerprint density at radius 2 is 2.00 bits per heavy atom. The van der Waals surface area contributed by atoms with Crippen molar-refractivity contribution in [3.05, 3.63) is 17.5 Å². The Labute approximate surface area is 108 Å². The molecule has 1 aliphatic heterocycles. The average Bonchev–Trinajstić information content (AvgIpc) is 2.56. The minimum absolute atomic E-state index is 0.154. The molecular weight excluding hydrogens is 228 g/mol. The summed E-state index contributed by atoms with van der Waals surface area (Å²) in [5.41, 5.74) is 2.00. The summed E-state index contributed by atoms with van der Waals surface area (Å²) in [6.07, 6.45) is 0. The quantitative estimate of drug-likeness (QED) is 0.841. The molecule has 5 nitrogen and oxygen atoms in total. The van der Waals surface area contributed by atoms with E-state index in [0.29, 0.717) is 18.6 Å². The second kappa shape index (κ2) is 5.10. The summed E-state index contributed by atoms with van der Waals surface area (Å²) in [7, 11) is 0. The molecule has 1 N–H and O–H groups in total. The molecule has 2 heterocycles. The highest BCUT2D eigenvalue weighted by molar-refractivity contribution is 5.76. The highest BCUT2D eigenvalue weighted by Crippen LogP contribution is 2.07. The van der Waals surface area contributed by atoms with Gasteiger partial charge in [-0.05, 0) is 33.8 Å². The number of amides is 1. The Balaban J connectivity index is 2.01. The van der Waals surface area contributed by atoms with Crippen molar-refractivity contribution < 1.29 is 4.79 Å². The Kier molecular flexibility index (Phi) is 3.71. The lowest BCUT2D eigenvalue weighted by Crippen LogP contribution is -2.56. The molecule has 1 amide bonds. The van der Waals surface area contributed by atoms with Crippen LogP contribution in [0.1, 0.15) is 25.2 Å². The molecule has 0 radical (unpaired) electrons. The van der Waals surface area contributed by atoms with E-state index in [1.165, 1.54) is 0 Å². The van der Waals surface area contributed by atoms with Crippen LogP contribution >= 0.6 is 0 Å². The monoisotopic (exact) mass is 250 g/mol. The van der Waals surface area contributed by atoms with Crippen molar-refractivity contribution in [2.45, 2.75) is 46.3 Å². The molecule has 1 aliphatic rings. The number of carbonyl (C=O) groups is 1. The lowest BCUT2D eigenvalue weighted by atomic mass is 10.1. The number of aromatic nitrogens is 2. The van der Waals surface area contributed by atoms with Gasteiger partial charge in [0.1, 0.15) is 6.54 Å². The standard InChI is InChI=1S/C13H22N4O/c1-9-5-12(4)17(15-9)8-13(18)16-6-10(2)14-11(3)7-16/h5,10-11,14H,6-8H2,1-4H3. The summed E-state index contributed by atoms with van der Waals surface area (Å²) >= 11 is 0. The van der Waals surface area contributed by atoms with Gasteiger partial charge in [-0.3, -0.25) is 9.48 Å². The van der Waals surface area contributed by atoms with E-state index in [-0.39, 0.29) is 5.91 Å². The molecule has 0 aromatic carbocycles. The SMILES string of the molecule is Cc1cc(C)n(CC(=O)N2CC(C)NC(C)C2)n1. The molecule has 5 heteroatoms. The van der Waals surface area contributed by atoms with Crippen LogP contribution in [-0.2, 0) is 11.3 Å². The molecule has 2 rings (SSSR count). The number of hydrogen-bond donors (Lipinski definition) is 1. The number of piperazine rings is 1. The van der Waals surface area contributed by atoms with Crippen LogP contribution in [0.2, 0.25) is 0 Å². The molecule has 0 spiro atoms. The van der Waals surface area contributed by atoms with Crippen molar-refractivity contribution in [3.63, 3.8) is 0 Å². The van der Waals surface area contributed by atoms with Gasteiger partial charge in [-0.2, -0.15) is 5.10 Å². The number of aryl methyl sites for hydroxylation is 2. The van der Waals surface area contributed by atoms with E-state index in [0.717, 1.165) is 24.5 Å². The maximum absolute atomic E-state index is 12.3. The molecule has 0 bridgehead atoms. The molecule has 0 aliphatic carbocycles. The lowest BCUT2D eigenvalue weighted by Gasteiger charge is -2.36. The Hall–Kier alpha value is -1.36. The third-order valence-electron chi connectivity index (χ3n) is 3.30. The van der Waals surface area contributed by atoms with Crippen molar-refractivity contribution >= 4 is 5.91 Å². The van der Waals surface area contributed by atoms with Crippen LogP contribution in [0.15, 0.2) is 6.07 Å². The van der Waals surface area contributed by atoms with Crippen molar-refractivity contribution in [2.75, 3.05) is 13.1 Å². The van der Waals surface area contributed by atoms with Crippen LogP contribution in [0.5, 0.6) is 0 Å². The van der Waals surface area contributed by atoms with Crippen LogP contribution in [0.25, 0.3) is 0 Å². The Morgan fingerprint density at radius 1 is 1.39 bits per heavy atom. The molecule has 18 heavy (non-hydrogen) atoms. The maximum atomic E-state index is 12.3. The van der Waals surface area contributed by atoms with E-state index in [9.17, 15) is 4.79 Å². The van der Waals surface area contributed by atoms with E-state index >= 15 is 0 Å². The van der Waals surface area contributed by atoms with Crippen LogP contribution in [-0.4, -0.2) is 45.8 Å². The number of nitrogens with zero attached hydrogens (tertiary/aromatic N) is 3. The lowest BCUT2D eigenvalue weighted by molar-refractivity contribution is -0.133. The van der Waals surface area contributed by atoms with Crippen molar-refractivity contribution in [3.8, 4) is 0 Å². The first kappa shape index (κ1) is 13.1. The van der Waals surface area contributed by atoms with E-state index in [1.807, 2.05) is 24.8 Å². The first-order valence-electron chi connectivity index (χ1n) is 6.50. The third kappa shape index (κ3) is 2.90. The smallest absolute Gasteiger partial charge is 0.244 e. The van der Waals surface area contributed by atoms with Crippen LogP contribution in [0.3, 0.4) is 0 Å². The maximum Gasteiger partial charge on any atom is 0.244 e. The Morgan fingerprint density at radius 3 is 2.50 bits per heavy atom. The molecule has 1 aromatic heterocycles.